The van der Waals surface area contributed by atoms with Gasteiger partial charge in [0, 0.05) is 26.2 Å². The van der Waals surface area contributed by atoms with Gasteiger partial charge in [0.2, 0.25) is 11.9 Å². The highest BCUT2D eigenvalue weighted by atomic mass is 35.5. The van der Waals surface area contributed by atoms with Gasteiger partial charge in [0.05, 0.1) is 24.0 Å². The predicted octanol–water partition coefficient (Wildman–Crippen LogP) is -0.0263. The summed E-state index contributed by atoms with van der Waals surface area (Å²) in [6, 6.07) is 0. The third-order valence-electron chi connectivity index (χ3n) is 2.49. The predicted molar refractivity (Wildman–Crippen MR) is 65.0 cm³/mol. The number of aromatic nitrogens is 2. The first-order chi connectivity index (χ1) is 8.25. The standard InChI is InChI=1S/C10H14ClN5O/c11-8-5-13-10(14-6-8)15-7-9(17)16-3-1-12-2-4-16/h5-6,12H,1-4,7H2,(H,13,14,15). The van der Waals surface area contributed by atoms with Gasteiger partial charge in [-0.2, -0.15) is 0 Å². The first-order valence-corrected chi connectivity index (χ1v) is 5.83. The zero-order valence-electron chi connectivity index (χ0n) is 9.32. The van der Waals surface area contributed by atoms with E-state index in [-0.39, 0.29) is 12.5 Å². The van der Waals surface area contributed by atoms with Crippen molar-refractivity contribution < 1.29 is 4.79 Å². The van der Waals surface area contributed by atoms with Crippen LogP contribution in [0.1, 0.15) is 0 Å². The summed E-state index contributed by atoms with van der Waals surface area (Å²) in [5.41, 5.74) is 0. The second-order valence-corrected chi connectivity index (χ2v) is 4.15. The Bertz CT molecular complexity index is 377. The van der Waals surface area contributed by atoms with Crippen molar-refractivity contribution in [3.8, 4) is 0 Å². The summed E-state index contributed by atoms with van der Waals surface area (Å²) in [6.07, 6.45) is 2.98. The van der Waals surface area contributed by atoms with Crippen molar-refractivity contribution in [2.24, 2.45) is 0 Å². The van der Waals surface area contributed by atoms with Gasteiger partial charge in [-0.15, -0.1) is 0 Å². The highest BCUT2D eigenvalue weighted by Gasteiger charge is 2.15. The Morgan fingerprint density at radius 1 is 1.41 bits per heavy atom. The van der Waals surface area contributed by atoms with Gasteiger partial charge >= 0.3 is 0 Å². The Morgan fingerprint density at radius 3 is 2.71 bits per heavy atom. The topological polar surface area (TPSA) is 70.2 Å². The average Bonchev–Trinajstić information content (AvgIpc) is 2.39. The van der Waals surface area contributed by atoms with Gasteiger partial charge in [-0.3, -0.25) is 4.79 Å². The maximum atomic E-state index is 11.8. The number of nitrogens with one attached hydrogen (secondary N) is 2. The Balaban J connectivity index is 1.81. The molecule has 1 aliphatic heterocycles. The monoisotopic (exact) mass is 255 g/mol. The molecular weight excluding hydrogens is 242 g/mol. The van der Waals surface area contributed by atoms with Crippen molar-refractivity contribution >= 4 is 23.5 Å². The maximum Gasteiger partial charge on any atom is 0.242 e. The van der Waals surface area contributed by atoms with Crippen molar-refractivity contribution in [2.75, 3.05) is 38.0 Å². The summed E-state index contributed by atoms with van der Waals surface area (Å²) in [5.74, 6) is 0.475. The van der Waals surface area contributed by atoms with Crippen molar-refractivity contribution in [2.45, 2.75) is 0 Å². The highest BCUT2D eigenvalue weighted by Crippen LogP contribution is 2.05. The minimum absolute atomic E-state index is 0.0602. The number of amides is 1. The van der Waals surface area contributed by atoms with E-state index >= 15 is 0 Å². The maximum absolute atomic E-state index is 11.8. The molecule has 0 atom stereocenters. The molecule has 7 heteroatoms. The number of nitrogens with zero attached hydrogens (tertiary/aromatic N) is 3. The van der Waals surface area contributed by atoms with E-state index in [1.54, 1.807) is 0 Å². The molecule has 1 saturated heterocycles. The lowest BCUT2D eigenvalue weighted by Gasteiger charge is -2.27. The lowest BCUT2D eigenvalue weighted by atomic mass is 10.3. The smallest absolute Gasteiger partial charge is 0.242 e. The minimum atomic E-state index is 0.0602. The van der Waals surface area contributed by atoms with Crippen LogP contribution in [0, 0.1) is 0 Å². The fraction of sp³-hybridized carbons (Fsp3) is 0.500. The van der Waals surface area contributed by atoms with Gasteiger partial charge < -0.3 is 15.5 Å². The van der Waals surface area contributed by atoms with E-state index in [9.17, 15) is 4.79 Å². The summed E-state index contributed by atoms with van der Waals surface area (Å²) in [5, 5.41) is 6.55. The van der Waals surface area contributed by atoms with E-state index < -0.39 is 0 Å². The third kappa shape index (κ3) is 3.54. The number of hydrogen-bond donors (Lipinski definition) is 2. The number of anilines is 1. The molecule has 17 heavy (non-hydrogen) atoms. The molecule has 0 aliphatic carbocycles. The molecule has 6 nitrogen and oxygen atoms in total. The fourth-order valence-corrected chi connectivity index (χ4v) is 1.68. The lowest BCUT2D eigenvalue weighted by molar-refractivity contribution is -0.129. The number of carbonyl (C=O) groups is 1. The Labute approximate surface area is 104 Å². The summed E-state index contributed by atoms with van der Waals surface area (Å²) in [7, 11) is 0. The van der Waals surface area contributed by atoms with Crippen molar-refractivity contribution in [1.82, 2.24) is 20.2 Å². The minimum Gasteiger partial charge on any atom is -0.345 e. The number of rotatable bonds is 3. The molecular formula is C10H14ClN5O. The van der Waals surface area contributed by atoms with Gasteiger partial charge in [-0.25, -0.2) is 9.97 Å². The van der Waals surface area contributed by atoms with Crippen LogP contribution in [0.5, 0.6) is 0 Å². The normalized spacial score (nSPS) is 15.7. The molecule has 2 N–H and O–H groups in total. The van der Waals surface area contributed by atoms with Gasteiger partial charge in [0.15, 0.2) is 0 Å². The van der Waals surface area contributed by atoms with Crippen LogP contribution in [0.15, 0.2) is 12.4 Å². The van der Waals surface area contributed by atoms with Crippen LogP contribution in [0.25, 0.3) is 0 Å². The van der Waals surface area contributed by atoms with Crippen LogP contribution >= 0.6 is 11.6 Å². The van der Waals surface area contributed by atoms with E-state index in [2.05, 4.69) is 20.6 Å². The van der Waals surface area contributed by atoms with Crippen LogP contribution in [0.3, 0.4) is 0 Å². The first-order valence-electron chi connectivity index (χ1n) is 5.45. The molecule has 1 aromatic rings. The second kappa shape index (κ2) is 5.79. The molecule has 92 valence electrons. The molecule has 0 saturated carbocycles. The number of piperazine rings is 1. The summed E-state index contributed by atoms with van der Waals surface area (Å²) in [4.78, 5) is 21.5. The average molecular weight is 256 g/mol. The molecule has 0 unspecified atom stereocenters. The van der Waals surface area contributed by atoms with Crippen LogP contribution in [0.2, 0.25) is 5.02 Å². The van der Waals surface area contributed by atoms with Gasteiger partial charge in [0.25, 0.3) is 0 Å². The summed E-state index contributed by atoms with van der Waals surface area (Å²) >= 11 is 5.66. The molecule has 0 aromatic carbocycles. The molecule has 1 fully saturated rings. The van der Waals surface area contributed by atoms with Crippen LogP contribution in [-0.2, 0) is 4.79 Å². The van der Waals surface area contributed by atoms with Gasteiger partial charge in [-0.05, 0) is 0 Å². The molecule has 0 radical (unpaired) electrons. The molecule has 0 bridgehead atoms. The number of halogens is 1. The fourth-order valence-electron chi connectivity index (χ4n) is 1.58. The van der Waals surface area contributed by atoms with E-state index in [1.165, 1.54) is 12.4 Å². The highest BCUT2D eigenvalue weighted by molar-refractivity contribution is 6.30. The van der Waals surface area contributed by atoms with Crippen molar-refractivity contribution in [1.29, 1.82) is 0 Å². The van der Waals surface area contributed by atoms with E-state index in [4.69, 9.17) is 11.6 Å². The van der Waals surface area contributed by atoms with Crippen LogP contribution in [-0.4, -0.2) is 53.5 Å². The summed E-state index contributed by atoms with van der Waals surface area (Å²) in [6.45, 7) is 3.41. The zero-order valence-corrected chi connectivity index (χ0v) is 10.1. The first kappa shape index (κ1) is 12.1. The Morgan fingerprint density at radius 2 is 2.06 bits per heavy atom. The van der Waals surface area contributed by atoms with Crippen LogP contribution < -0.4 is 10.6 Å². The van der Waals surface area contributed by atoms with Crippen molar-refractivity contribution in [3.05, 3.63) is 17.4 Å². The molecule has 0 spiro atoms. The lowest BCUT2D eigenvalue weighted by Crippen LogP contribution is -2.48. The quantitative estimate of drug-likeness (QED) is 0.794. The second-order valence-electron chi connectivity index (χ2n) is 3.71. The summed E-state index contributed by atoms with van der Waals surface area (Å²) < 4.78 is 0. The van der Waals surface area contributed by atoms with E-state index in [0.717, 1.165) is 26.2 Å². The Hall–Kier alpha value is -1.40. The molecule has 1 aliphatic rings. The van der Waals surface area contributed by atoms with Crippen molar-refractivity contribution in [3.63, 3.8) is 0 Å². The van der Waals surface area contributed by atoms with Gasteiger partial charge in [0.1, 0.15) is 0 Å². The van der Waals surface area contributed by atoms with Gasteiger partial charge in [-0.1, -0.05) is 11.6 Å². The number of carbonyl (C=O) groups excluding carboxylic acids is 1. The molecule has 1 amide bonds. The molecule has 2 heterocycles. The zero-order chi connectivity index (χ0) is 12.1. The molecule has 2 rings (SSSR count). The number of hydrogen-bond acceptors (Lipinski definition) is 5. The Kier molecular flexibility index (Phi) is 4.11. The SMILES string of the molecule is O=C(CNc1ncc(Cl)cn1)N1CCNCC1. The third-order valence-corrected chi connectivity index (χ3v) is 2.68. The van der Waals surface area contributed by atoms with E-state index in [1.807, 2.05) is 4.90 Å². The largest absolute Gasteiger partial charge is 0.345 e. The van der Waals surface area contributed by atoms with E-state index in [0.29, 0.717) is 11.0 Å². The van der Waals surface area contributed by atoms with Crippen LogP contribution in [0.4, 0.5) is 5.95 Å². The molecule has 1 aromatic heterocycles.